The summed E-state index contributed by atoms with van der Waals surface area (Å²) in [4.78, 5) is 13.6. The number of hydrogen-bond donors (Lipinski definition) is 0. The smallest absolute Gasteiger partial charge is 0.218 e. The third-order valence-corrected chi connectivity index (χ3v) is 5.01. The van der Waals surface area contributed by atoms with Crippen LogP contribution in [-0.4, -0.2) is 57.3 Å². The zero-order chi connectivity index (χ0) is 17.1. The zero-order valence-electron chi connectivity index (χ0n) is 14.6. The fourth-order valence-electron chi connectivity index (χ4n) is 3.61. The average molecular weight is 340 g/mol. The fourth-order valence-corrected chi connectivity index (χ4v) is 3.61. The van der Waals surface area contributed by atoms with Crippen molar-refractivity contribution in [3.63, 3.8) is 0 Å². The van der Waals surface area contributed by atoms with Gasteiger partial charge in [-0.3, -0.25) is 4.90 Å². The van der Waals surface area contributed by atoms with Crippen molar-refractivity contribution in [2.24, 2.45) is 0 Å². The molecule has 0 N–H and O–H groups in total. The molecule has 25 heavy (non-hydrogen) atoms. The highest BCUT2D eigenvalue weighted by molar-refractivity contribution is 5.45. The van der Waals surface area contributed by atoms with E-state index < -0.39 is 0 Å². The normalized spacial score (nSPS) is 18.9. The van der Waals surface area contributed by atoms with Gasteiger partial charge in [0.25, 0.3) is 0 Å². The van der Waals surface area contributed by atoms with Crippen molar-refractivity contribution in [2.75, 3.05) is 25.1 Å². The minimum Gasteiger partial charge on any atom is -0.481 e. The van der Waals surface area contributed by atoms with Crippen LogP contribution >= 0.6 is 0 Å². The second kappa shape index (κ2) is 7.31. The van der Waals surface area contributed by atoms with Gasteiger partial charge in [0.05, 0.1) is 12.8 Å². The van der Waals surface area contributed by atoms with Crippen molar-refractivity contribution in [3.8, 4) is 5.88 Å². The van der Waals surface area contributed by atoms with Crippen LogP contribution in [0, 0.1) is 0 Å². The minimum absolute atomic E-state index is 0.533. The number of anilines is 1. The lowest BCUT2D eigenvalue weighted by atomic mass is 10.0. The van der Waals surface area contributed by atoms with Gasteiger partial charge in [-0.15, -0.1) is 0 Å². The molecule has 0 unspecified atom stereocenters. The fraction of sp³-hybridized carbons (Fsp3) is 0.556. The third-order valence-electron chi connectivity index (χ3n) is 5.01. The summed E-state index contributed by atoms with van der Waals surface area (Å²) in [6.07, 6.45) is 8.12. The Morgan fingerprint density at radius 1 is 1.16 bits per heavy atom. The van der Waals surface area contributed by atoms with E-state index in [4.69, 9.17) is 4.74 Å². The summed E-state index contributed by atoms with van der Waals surface area (Å²) in [5, 5.41) is 8.17. The molecule has 132 valence electrons. The molecule has 4 rings (SSSR count). The quantitative estimate of drug-likeness (QED) is 0.795. The van der Waals surface area contributed by atoms with Crippen LogP contribution in [0.3, 0.4) is 0 Å². The van der Waals surface area contributed by atoms with E-state index in [1.54, 1.807) is 19.6 Å². The maximum atomic E-state index is 5.28. The van der Waals surface area contributed by atoms with Crippen molar-refractivity contribution >= 4 is 5.82 Å². The first-order chi connectivity index (χ1) is 12.3. The molecule has 7 nitrogen and oxygen atoms in total. The Morgan fingerprint density at radius 2 is 1.96 bits per heavy atom. The molecule has 7 heteroatoms. The first kappa shape index (κ1) is 16.2. The molecule has 0 atom stereocenters. The maximum absolute atomic E-state index is 5.28. The number of ether oxygens (including phenoxy) is 1. The largest absolute Gasteiger partial charge is 0.481 e. The number of rotatable bonds is 6. The van der Waals surface area contributed by atoms with Gasteiger partial charge in [-0.25, -0.2) is 9.97 Å². The van der Waals surface area contributed by atoms with Crippen LogP contribution in [-0.2, 0) is 6.54 Å². The second-order valence-corrected chi connectivity index (χ2v) is 6.78. The Balaban J connectivity index is 1.41. The Morgan fingerprint density at radius 3 is 2.64 bits per heavy atom. The van der Waals surface area contributed by atoms with Gasteiger partial charge in [0.15, 0.2) is 0 Å². The molecule has 1 saturated heterocycles. The second-order valence-electron chi connectivity index (χ2n) is 6.78. The van der Waals surface area contributed by atoms with Crippen molar-refractivity contribution in [1.82, 2.24) is 25.1 Å². The maximum Gasteiger partial charge on any atom is 0.218 e. The summed E-state index contributed by atoms with van der Waals surface area (Å²) in [5.41, 5.74) is 1.04. The number of hydrogen-bond acceptors (Lipinski definition) is 7. The molecule has 2 aliphatic rings. The standard InChI is InChI=1S/C18H24N6O/c1-25-18-11-17(19-13-20-18)24(15-4-5-15)16-6-9-23(10-7-16)12-14-3-2-8-21-22-14/h2-3,8,11,13,15-16H,4-7,9-10,12H2,1H3. The topological polar surface area (TPSA) is 67.3 Å². The van der Waals surface area contributed by atoms with Gasteiger partial charge in [0.1, 0.15) is 12.1 Å². The number of aromatic nitrogens is 4. The number of methoxy groups -OCH3 is 1. The van der Waals surface area contributed by atoms with E-state index in [9.17, 15) is 0 Å². The van der Waals surface area contributed by atoms with E-state index in [0.717, 1.165) is 44.0 Å². The Kier molecular flexibility index (Phi) is 4.74. The molecule has 2 aromatic heterocycles. The van der Waals surface area contributed by atoms with Crippen molar-refractivity contribution in [2.45, 2.75) is 44.3 Å². The minimum atomic E-state index is 0.533. The molecule has 0 amide bonds. The SMILES string of the molecule is COc1cc(N(C2CC2)C2CCN(Cc3cccnn3)CC2)ncn1. The molecular formula is C18H24N6O. The van der Waals surface area contributed by atoms with E-state index in [1.165, 1.54) is 12.8 Å². The van der Waals surface area contributed by atoms with Crippen LogP contribution in [0.4, 0.5) is 5.82 Å². The molecular weight excluding hydrogens is 316 g/mol. The Labute approximate surface area is 148 Å². The van der Waals surface area contributed by atoms with Crippen molar-refractivity contribution in [1.29, 1.82) is 0 Å². The summed E-state index contributed by atoms with van der Waals surface area (Å²) in [5.74, 6) is 1.64. The molecule has 1 saturated carbocycles. The van der Waals surface area contributed by atoms with Crippen molar-refractivity contribution < 1.29 is 4.74 Å². The van der Waals surface area contributed by atoms with Gasteiger partial charge in [-0.05, 0) is 37.8 Å². The van der Waals surface area contributed by atoms with Crippen LogP contribution < -0.4 is 9.64 Å². The monoisotopic (exact) mass is 340 g/mol. The van der Waals surface area contributed by atoms with Crippen LogP contribution in [0.15, 0.2) is 30.7 Å². The molecule has 2 fully saturated rings. The average Bonchev–Trinajstić information content (AvgIpc) is 3.49. The van der Waals surface area contributed by atoms with E-state index >= 15 is 0 Å². The number of nitrogens with zero attached hydrogens (tertiary/aromatic N) is 6. The summed E-state index contributed by atoms with van der Waals surface area (Å²) >= 11 is 0. The van der Waals surface area contributed by atoms with Gasteiger partial charge in [0.2, 0.25) is 5.88 Å². The van der Waals surface area contributed by atoms with Crippen LogP contribution in [0.1, 0.15) is 31.4 Å². The first-order valence-corrected chi connectivity index (χ1v) is 8.97. The highest BCUT2D eigenvalue weighted by Crippen LogP contribution is 2.36. The van der Waals surface area contributed by atoms with E-state index in [1.807, 2.05) is 18.2 Å². The lowest BCUT2D eigenvalue weighted by Crippen LogP contribution is -2.46. The van der Waals surface area contributed by atoms with E-state index in [2.05, 4.69) is 30.0 Å². The molecule has 0 radical (unpaired) electrons. The van der Waals surface area contributed by atoms with Gasteiger partial charge >= 0.3 is 0 Å². The lowest BCUT2D eigenvalue weighted by Gasteiger charge is -2.39. The predicted molar refractivity (Wildman–Crippen MR) is 94.4 cm³/mol. The van der Waals surface area contributed by atoms with Crippen LogP contribution in [0.25, 0.3) is 0 Å². The summed E-state index contributed by atoms with van der Waals surface area (Å²) < 4.78 is 5.28. The highest BCUT2D eigenvalue weighted by atomic mass is 16.5. The summed E-state index contributed by atoms with van der Waals surface area (Å²) in [6, 6.07) is 7.11. The summed E-state index contributed by atoms with van der Waals surface area (Å²) in [6.45, 7) is 3.03. The van der Waals surface area contributed by atoms with Crippen LogP contribution in [0.5, 0.6) is 5.88 Å². The lowest BCUT2D eigenvalue weighted by molar-refractivity contribution is 0.198. The molecule has 1 aliphatic heterocycles. The molecule has 2 aromatic rings. The molecule has 0 bridgehead atoms. The van der Waals surface area contributed by atoms with Gasteiger partial charge in [-0.1, -0.05) is 0 Å². The van der Waals surface area contributed by atoms with Crippen LogP contribution in [0.2, 0.25) is 0 Å². The Hall–Kier alpha value is -2.28. The number of likely N-dealkylation sites (tertiary alicyclic amines) is 1. The predicted octanol–water partition coefficient (Wildman–Crippen LogP) is 1.91. The van der Waals surface area contributed by atoms with Crippen molar-refractivity contribution in [3.05, 3.63) is 36.4 Å². The number of piperidine rings is 1. The van der Waals surface area contributed by atoms with E-state index in [-0.39, 0.29) is 0 Å². The molecule has 0 aromatic carbocycles. The van der Waals surface area contributed by atoms with E-state index in [0.29, 0.717) is 18.0 Å². The highest BCUT2D eigenvalue weighted by Gasteiger charge is 2.36. The third kappa shape index (κ3) is 3.87. The molecule has 3 heterocycles. The summed E-state index contributed by atoms with van der Waals surface area (Å²) in [7, 11) is 1.65. The van der Waals surface area contributed by atoms with Gasteiger partial charge < -0.3 is 9.64 Å². The van der Waals surface area contributed by atoms with Gasteiger partial charge in [0, 0.05) is 44.0 Å². The Bertz CT molecular complexity index is 685. The van der Waals surface area contributed by atoms with Gasteiger partial charge in [-0.2, -0.15) is 10.2 Å². The zero-order valence-corrected chi connectivity index (χ0v) is 14.6. The molecule has 0 spiro atoms. The molecule has 1 aliphatic carbocycles. The first-order valence-electron chi connectivity index (χ1n) is 8.97.